The van der Waals surface area contributed by atoms with Gasteiger partial charge in [-0.25, -0.2) is 0 Å². The van der Waals surface area contributed by atoms with Gasteiger partial charge < -0.3 is 18.9 Å². The van der Waals surface area contributed by atoms with Gasteiger partial charge in [-0.15, -0.1) is 0 Å². The molecule has 26 heavy (non-hydrogen) atoms. The van der Waals surface area contributed by atoms with Crippen molar-refractivity contribution in [1.29, 1.82) is 0 Å². The Hall–Kier alpha value is -2.95. The summed E-state index contributed by atoms with van der Waals surface area (Å²) in [6.45, 7) is 3.91. The number of ether oxygens (including phenoxy) is 4. The Kier molecular flexibility index (Phi) is 6.67. The van der Waals surface area contributed by atoms with Crippen molar-refractivity contribution >= 4 is 11.9 Å². The van der Waals surface area contributed by atoms with Crippen molar-refractivity contribution in [1.82, 2.24) is 0 Å². The van der Waals surface area contributed by atoms with E-state index in [9.17, 15) is 4.79 Å². The van der Waals surface area contributed by atoms with Gasteiger partial charge >= 0.3 is 0 Å². The van der Waals surface area contributed by atoms with Crippen molar-refractivity contribution in [3.63, 3.8) is 0 Å². The van der Waals surface area contributed by atoms with E-state index >= 15 is 0 Å². The molecule has 0 radical (unpaired) electrons. The van der Waals surface area contributed by atoms with Crippen LogP contribution in [0.2, 0.25) is 0 Å². The van der Waals surface area contributed by atoms with Gasteiger partial charge in [0.05, 0.1) is 27.4 Å². The summed E-state index contributed by atoms with van der Waals surface area (Å²) in [6, 6.07) is 10.6. The maximum atomic E-state index is 12.4. The number of hydrogen-bond donors (Lipinski definition) is 0. The molecule has 5 heteroatoms. The summed E-state index contributed by atoms with van der Waals surface area (Å²) < 4.78 is 21.5. The molecule has 0 unspecified atom stereocenters. The van der Waals surface area contributed by atoms with Crippen LogP contribution >= 0.6 is 0 Å². The predicted octanol–water partition coefficient (Wildman–Crippen LogP) is 4.40. The number of methoxy groups -OCH3 is 3. The Bertz CT molecular complexity index is 776. The highest BCUT2D eigenvalue weighted by Crippen LogP contribution is 2.35. The van der Waals surface area contributed by atoms with Crippen LogP contribution in [0.4, 0.5) is 0 Å². The first-order valence-electron chi connectivity index (χ1n) is 8.27. The average Bonchev–Trinajstić information content (AvgIpc) is 2.65. The molecule has 0 aliphatic heterocycles. The van der Waals surface area contributed by atoms with Gasteiger partial charge in [-0.05, 0) is 56.3 Å². The number of rotatable bonds is 8. The molecule has 0 atom stereocenters. The maximum Gasteiger partial charge on any atom is 0.185 e. The zero-order chi connectivity index (χ0) is 19.1. The number of allylic oxidation sites excluding steroid dienone is 1. The van der Waals surface area contributed by atoms with E-state index in [2.05, 4.69) is 0 Å². The van der Waals surface area contributed by atoms with Gasteiger partial charge in [0.25, 0.3) is 0 Å². The molecule has 2 aromatic rings. The average molecular weight is 356 g/mol. The summed E-state index contributed by atoms with van der Waals surface area (Å²) in [4.78, 5) is 12.4. The van der Waals surface area contributed by atoms with Gasteiger partial charge in [-0.3, -0.25) is 4.79 Å². The van der Waals surface area contributed by atoms with Crippen LogP contribution < -0.4 is 18.9 Å². The van der Waals surface area contributed by atoms with Crippen molar-refractivity contribution in [3.05, 3.63) is 53.6 Å². The molecule has 0 aromatic heterocycles. The lowest BCUT2D eigenvalue weighted by Gasteiger charge is -2.12. The van der Waals surface area contributed by atoms with Crippen LogP contribution in [-0.4, -0.2) is 33.2 Å². The van der Waals surface area contributed by atoms with Crippen LogP contribution in [0, 0.1) is 0 Å². The van der Waals surface area contributed by atoms with E-state index in [0.29, 0.717) is 22.8 Å². The third-order valence-corrected chi connectivity index (χ3v) is 3.66. The summed E-state index contributed by atoms with van der Waals surface area (Å²) in [5, 5.41) is 0. The van der Waals surface area contributed by atoms with Gasteiger partial charge in [0.2, 0.25) is 0 Å². The molecule has 0 saturated carbocycles. The molecule has 0 amide bonds. The molecular weight excluding hydrogens is 332 g/mol. The van der Waals surface area contributed by atoms with Crippen LogP contribution in [0.15, 0.2) is 42.5 Å². The van der Waals surface area contributed by atoms with E-state index in [1.807, 2.05) is 13.8 Å². The van der Waals surface area contributed by atoms with Gasteiger partial charge in [0.1, 0.15) is 11.5 Å². The van der Waals surface area contributed by atoms with Crippen molar-refractivity contribution < 1.29 is 23.7 Å². The molecule has 2 rings (SSSR count). The lowest BCUT2D eigenvalue weighted by molar-refractivity contribution is 0.104. The minimum atomic E-state index is -0.113. The fourth-order valence-electron chi connectivity index (χ4n) is 2.41. The van der Waals surface area contributed by atoms with Gasteiger partial charge in [-0.1, -0.05) is 0 Å². The lowest BCUT2D eigenvalue weighted by Crippen LogP contribution is -2.05. The SMILES string of the molecule is COc1cc(OC)c(OC)cc1/C=C/C(=O)c1ccc(OC(C)C)cc1. The van der Waals surface area contributed by atoms with Crippen LogP contribution in [0.1, 0.15) is 29.8 Å². The number of ketones is 1. The summed E-state index contributed by atoms with van der Waals surface area (Å²) in [5.74, 6) is 2.34. The highest BCUT2D eigenvalue weighted by molar-refractivity contribution is 6.07. The molecule has 2 aromatic carbocycles. The Labute approximate surface area is 154 Å². The monoisotopic (exact) mass is 356 g/mol. The molecule has 0 heterocycles. The van der Waals surface area contributed by atoms with Crippen molar-refractivity contribution in [2.75, 3.05) is 21.3 Å². The number of carbonyl (C=O) groups excluding carboxylic acids is 1. The molecular formula is C21H24O5. The first kappa shape index (κ1) is 19.4. The summed E-state index contributed by atoms with van der Waals surface area (Å²) in [6.07, 6.45) is 3.29. The van der Waals surface area contributed by atoms with E-state index in [1.165, 1.54) is 6.08 Å². The molecule has 0 bridgehead atoms. The van der Waals surface area contributed by atoms with E-state index < -0.39 is 0 Å². The van der Waals surface area contributed by atoms with Gasteiger partial charge in [-0.2, -0.15) is 0 Å². The largest absolute Gasteiger partial charge is 0.496 e. The topological polar surface area (TPSA) is 54.0 Å². The zero-order valence-corrected chi connectivity index (χ0v) is 15.7. The summed E-state index contributed by atoms with van der Waals surface area (Å²) in [7, 11) is 4.68. The Morgan fingerprint density at radius 3 is 2.00 bits per heavy atom. The highest BCUT2D eigenvalue weighted by atomic mass is 16.5. The molecule has 0 spiro atoms. The zero-order valence-electron chi connectivity index (χ0n) is 15.7. The number of hydrogen-bond acceptors (Lipinski definition) is 5. The summed E-state index contributed by atoms with van der Waals surface area (Å²) in [5.41, 5.74) is 1.30. The maximum absolute atomic E-state index is 12.4. The fourth-order valence-corrected chi connectivity index (χ4v) is 2.41. The van der Waals surface area contributed by atoms with Crippen molar-refractivity contribution in [2.45, 2.75) is 20.0 Å². The second kappa shape index (κ2) is 8.94. The highest BCUT2D eigenvalue weighted by Gasteiger charge is 2.11. The first-order chi connectivity index (χ1) is 12.5. The standard InChI is InChI=1S/C21H24O5/c1-14(2)26-17-9-6-15(7-10-17)18(22)11-8-16-12-20(24-4)21(25-5)13-19(16)23-3/h6-14H,1-5H3/b11-8+. The van der Waals surface area contributed by atoms with E-state index in [4.69, 9.17) is 18.9 Å². The Balaban J connectivity index is 2.21. The fraction of sp³-hybridized carbons (Fsp3) is 0.286. The number of benzene rings is 2. The first-order valence-corrected chi connectivity index (χ1v) is 8.27. The normalized spacial score (nSPS) is 10.8. The van der Waals surface area contributed by atoms with Crippen LogP contribution in [-0.2, 0) is 0 Å². The van der Waals surface area contributed by atoms with Crippen LogP contribution in [0.25, 0.3) is 6.08 Å². The number of carbonyl (C=O) groups is 1. The van der Waals surface area contributed by atoms with Crippen molar-refractivity contribution in [3.8, 4) is 23.0 Å². The van der Waals surface area contributed by atoms with Crippen molar-refractivity contribution in [2.24, 2.45) is 0 Å². The summed E-state index contributed by atoms with van der Waals surface area (Å²) >= 11 is 0. The van der Waals surface area contributed by atoms with Gasteiger partial charge in [0, 0.05) is 17.2 Å². The van der Waals surface area contributed by atoms with Crippen LogP contribution in [0.5, 0.6) is 23.0 Å². The minimum Gasteiger partial charge on any atom is -0.496 e. The minimum absolute atomic E-state index is 0.0916. The molecule has 138 valence electrons. The second-order valence-corrected chi connectivity index (χ2v) is 5.84. The van der Waals surface area contributed by atoms with E-state index in [0.717, 1.165) is 11.3 Å². The smallest absolute Gasteiger partial charge is 0.185 e. The predicted molar refractivity (Wildman–Crippen MR) is 102 cm³/mol. The molecule has 0 aliphatic carbocycles. The second-order valence-electron chi connectivity index (χ2n) is 5.84. The Morgan fingerprint density at radius 1 is 0.885 bits per heavy atom. The lowest BCUT2D eigenvalue weighted by atomic mass is 10.1. The van der Waals surface area contributed by atoms with Crippen LogP contribution in [0.3, 0.4) is 0 Å². The molecule has 5 nitrogen and oxygen atoms in total. The molecule has 0 saturated heterocycles. The Morgan fingerprint density at radius 2 is 1.46 bits per heavy atom. The molecule has 0 aliphatic rings. The van der Waals surface area contributed by atoms with E-state index in [1.54, 1.807) is 63.8 Å². The van der Waals surface area contributed by atoms with Gasteiger partial charge in [0.15, 0.2) is 17.3 Å². The third-order valence-electron chi connectivity index (χ3n) is 3.66. The third kappa shape index (κ3) is 4.79. The molecule has 0 N–H and O–H groups in total. The quantitative estimate of drug-likeness (QED) is 0.518. The van der Waals surface area contributed by atoms with E-state index in [-0.39, 0.29) is 11.9 Å². The molecule has 0 fully saturated rings.